The summed E-state index contributed by atoms with van der Waals surface area (Å²) in [5.74, 6) is 0.372. The van der Waals surface area contributed by atoms with E-state index in [0.29, 0.717) is 10.7 Å². The van der Waals surface area contributed by atoms with Gasteiger partial charge in [-0.1, -0.05) is 64.5 Å². The smallest absolute Gasteiger partial charge is 0.293 e. The van der Waals surface area contributed by atoms with Crippen LogP contribution in [0.3, 0.4) is 0 Å². The molecule has 0 atom stereocenters. The first-order valence-corrected chi connectivity index (χ1v) is 10.2. The highest BCUT2D eigenvalue weighted by Crippen LogP contribution is 2.37. The zero-order chi connectivity index (χ0) is 19.7. The van der Waals surface area contributed by atoms with Gasteiger partial charge in [0.2, 0.25) is 0 Å². The number of imide groups is 1. The van der Waals surface area contributed by atoms with E-state index < -0.39 is 0 Å². The number of carbonyl (C=O) groups is 2. The molecule has 1 aliphatic heterocycles. The van der Waals surface area contributed by atoms with E-state index in [2.05, 4.69) is 15.9 Å². The number of halogens is 1. The summed E-state index contributed by atoms with van der Waals surface area (Å²) < 4.78 is 6.36. The highest BCUT2D eigenvalue weighted by atomic mass is 79.9. The Hall–Kier alpha value is -2.57. The topological polar surface area (TPSA) is 46.6 Å². The molecule has 0 spiro atoms. The van der Waals surface area contributed by atoms with Gasteiger partial charge in [-0.05, 0) is 46.3 Å². The monoisotopic (exact) mass is 453 g/mol. The summed E-state index contributed by atoms with van der Waals surface area (Å²) in [6.07, 6.45) is 1.76. The lowest BCUT2D eigenvalue weighted by Crippen LogP contribution is -2.27. The molecule has 0 unspecified atom stereocenters. The molecule has 0 N–H and O–H groups in total. The Morgan fingerprint density at radius 1 is 1.04 bits per heavy atom. The average molecular weight is 454 g/mol. The van der Waals surface area contributed by atoms with Gasteiger partial charge in [0.1, 0.15) is 5.75 Å². The van der Waals surface area contributed by atoms with Crippen molar-refractivity contribution in [3.63, 3.8) is 0 Å². The SMILES string of the molecule is COc1ccc2ccccc2c1/C=C1\SC(=O)N(Cc2ccccc2Br)C1=O. The van der Waals surface area contributed by atoms with Crippen LogP contribution >= 0.6 is 27.7 Å². The molecule has 3 aromatic carbocycles. The van der Waals surface area contributed by atoms with Crippen molar-refractivity contribution >= 4 is 55.7 Å². The molecule has 1 fully saturated rings. The maximum Gasteiger partial charge on any atom is 0.293 e. The quantitative estimate of drug-likeness (QED) is 0.465. The molecule has 3 aromatic rings. The Kier molecular flexibility index (Phi) is 5.24. The van der Waals surface area contributed by atoms with E-state index >= 15 is 0 Å². The largest absolute Gasteiger partial charge is 0.496 e. The van der Waals surface area contributed by atoms with Gasteiger partial charge in [0.15, 0.2) is 0 Å². The predicted molar refractivity (Wildman–Crippen MR) is 116 cm³/mol. The molecule has 6 heteroatoms. The summed E-state index contributed by atoms with van der Waals surface area (Å²) in [6.45, 7) is 0.232. The van der Waals surface area contributed by atoms with E-state index in [1.165, 1.54) is 4.90 Å². The molecule has 4 rings (SSSR count). The van der Waals surface area contributed by atoms with Crippen LogP contribution < -0.4 is 4.74 Å². The van der Waals surface area contributed by atoms with Crippen LogP contribution in [0.15, 0.2) is 70.0 Å². The number of thioether (sulfide) groups is 1. The minimum Gasteiger partial charge on any atom is -0.496 e. The Morgan fingerprint density at radius 3 is 2.57 bits per heavy atom. The molecule has 0 aliphatic carbocycles. The lowest BCUT2D eigenvalue weighted by Gasteiger charge is -2.13. The second kappa shape index (κ2) is 7.81. The lowest BCUT2D eigenvalue weighted by molar-refractivity contribution is -0.123. The summed E-state index contributed by atoms with van der Waals surface area (Å²) in [5, 5.41) is 1.74. The Morgan fingerprint density at radius 2 is 1.79 bits per heavy atom. The van der Waals surface area contributed by atoms with E-state index in [9.17, 15) is 9.59 Å². The molecular weight excluding hydrogens is 438 g/mol. The number of nitrogens with zero attached hydrogens (tertiary/aromatic N) is 1. The maximum absolute atomic E-state index is 12.9. The van der Waals surface area contributed by atoms with E-state index in [1.54, 1.807) is 13.2 Å². The van der Waals surface area contributed by atoms with Crippen molar-refractivity contribution in [3.05, 3.63) is 81.2 Å². The van der Waals surface area contributed by atoms with Crippen molar-refractivity contribution in [1.82, 2.24) is 4.90 Å². The fourth-order valence-electron chi connectivity index (χ4n) is 3.17. The van der Waals surface area contributed by atoms with Gasteiger partial charge in [0, 0.05) is 10.0 Å². The third kappa shape index (κ3) is 3.45. The van der Waals surface area contributed by atoms with Gasteiger partial charge in [-0.15, -0.1) is 0 Å². The van der Waals surface area contributed by atoms with Crippen LogP contribution in [0.4, 0.5) is 4.79 Å². The number of ether oxygens (including phenoxy) is 1. The number of carbonyl (C=O) groups excluding carboxylic acids is 2. The molecule has 2 amide bonds. The number of fused-ring (bicyclic) bond motifs is 1. The van der Waals surface area contributed by atoms with Crippen molar-refractivity contribution in [1.29, 1.82) is 0 Å². The van der Waals surface area contributed by atoms with Gasteiger partial charge in [0.05, 0.1) is 18.6 Å². The van der Waals surface area contributed by atoms with Gasteiger partial charge in [0.25, 0.3) is 11.1 Å². The van der Waals surface area contributed by atoms with Crippen molar-refractivity contribution < 1.29 is 14.3 Å². The standard InChI is InChI=1S/C22H16BrNO3S/c1-27-19-11-10-14-6-2-4-8-16(14)17(19)12-20-21(25)24(22(26)28-20)13-15-7-3-5-9-18(15)23/h2-12H,13H2,1H3/b20-12-. The van der Waals surface area contributed by atoms with Crippen LogP contribution in [-0.4, -0.2) is 23.2 Å². The number of hydrogen-bond donors (Lipinski definition) is 0. The van der Waals surface area contributed by atoms with Crippen LogP contribution in [0.2, 0.25) is 0 Å². The molecule has 0 bridgehead atoms. The van der Waals surface area contributed by atoms with E-state index in [1.807, 2.05) is 60.7 Å². The van der Waals surface area contributed by atoms with Crippen molar-refractivity contribution in [2.24, 2.45) is 0 Å². The van der Waals surface area contributed by atoms with E-state index in [-0.39, 0.29) is 17.7 Å². The van der Waals surface area contributed by atoms with Crippen LogP contribution in [0.5, 0.6) is 5.75 Å². The second-order valence-electron chi connectivity index (χ2n) is 6.26. The van der Waals surface area contributed by atoms with E-state index in [4.69, 9.17) is 4.74 Å². The first kappa shape index (κ1) is 18.8. The molecule has 1 saturated heterocycles. The van der Waals surface area contributed by atoms with Crippen LogP contribution in [0.25, 0.3) is 16.8 Å². The molecular formula is C22H16BrNO3S. The first-order valence-electron chi connectivity index (χ1n) is 8.63. The summed E-state index contributed by atoms with van der Waals surface area (Å²) in [4.78, 5) is 27.1. The van der Waals surface area contributed by atoms with Crippen molar-refractivity contribution in [2.75, 3.05) is 7.11 Å². The first-order chi connectivity index (χ1) is 13.6. The van der Waals surface area contributed by atoms with Crippen molar-refractivity contribution in [3.8, 4) is 5.75 Å². The van der Waals surface area contributed by atoms with Gasteiger partial charge >= 0.3 is 0 Å². The molecule has 0 aromatic heterocycles. The Labute approximate surface area is 175 Å². The summed E-state index contributed by atoms with van der Waals surface area (Å²) >= 11 is 4.43. The molecule has 140 valence electrons. The van der Waals surface area contributed by atoms with E-state index in [0.717, 1.165) is 38.1 Å². The second-order valence-corrected chi connectivity index (χ2v) is 8.11. The number of methoxy groups -OCH3 is 1. The third-order valence-corrected chi connectivity index (χ3v) is 6.27. The lowest BCUT2D eigenvalue weighted by atomic mass is 10.0. The molecule has 0 radical (unpaired) electrons. The van der Waals surface area contributed by atoms with Gasteiger partial charge in [-0.25, -0.2) is 0 Å². The summed E-state index contributed by atoms with van der Waals surface area (Å²) in [6, 6.07) is 19.3. The highest BCUT2D eigenvalue weighted by molar-refractivity contribution is 9.10. The summed E-state index contributed by atoms with van der Waals surface area (Å²) in [5.41, 5.74) is 1.68. The van der Waals surface area contributed by atoms with Gasteiger partial charge in [-0.3, -0.25) is 14.5 Å². The number of amides is 2. The molecule has 1 heterocycles. The molecule has 4 nitrogen and oxygen atoms in total. The number of hydrogen-bond acceptors (Lipinski definition) is 4. The number of benzene rings is 3. The van der Waals surface area contributed by atoms with Gasteiger partial charge in [-0.2, -0.15) is 0 Å². The van der Waals surface area contributed by atoms with Crippen LogP contribution in [0.1, 0.15) is 11.1 Å². The maximum atomic E-state index is 12.9. The normalized spacial score (nSPS) is 15.6. The molecule has 1 aliphatic rings. The third-order valence-electron chi connectivity index (χ3n) is 4.59. The summed E-state index contributed by atoms with van der Waals surface area (Å²) in [7, 11) is 1.60. The fourth-order valence-corrected chi connectivity index (χ4v) is 4.40. The van der Waals surface area contributed by atoms with Crippen LogP contribution in [0, 0.1) is 0 Å². The highest BCUT2D eigenvalue weighted by Gasteiger charge is 2.35. The minimum atomic E-state index is -0.291. The fraction of sp³-hybridized carbons (Fsp3) is 0.0909. The van der Waals surface area contributed by atoms with Crippen LogP contribution in [-0.2, 0) is 11.3 Å². The molecule has 28 heavy (non-hydrogen) atoms. The minimum absolute atomic E-state index is 0.232. The Balaban J connectivity index is 1.72. The zero-order valence-corrected chi connectivity index (χ0v) is 17.4. The predicted octanol–water partition coefficient (Wildman–Crippen LogP) is 5.85. The van der Waals surface area contributed by atoms with Crippen molar-refractivity contribution in [2.45, 2.75) is 6.54 Å². The zero-order valence-electron chi connectivity index (χ0n) is 15.0. The van der Waals surface area contributed by atoms with Gasteiger partial charge < -0.3 is 4.74 Å². The number of rotatable bonds is 4. The molecule has 0 saturated carbocycles. The average Bonchev–Trinajstić information content (AvgIpc) is 2.97. The Bertz CT molecular complexity index is 1130.